The number of rotatable bonds is 8. The molecule has 0 saturated heterocycles. The van der Waals surface area contributed by atoms with Crippen LogP contribution in [0.25, 0.3) is 10.8 Å². The van der Waals surface area contributed by atoms with Gasteiger partial charge in [-0.3, -0.25) is 0 Å². The van der Waals surface area contributed by atoms with Crippen molar-refractivity contribution in [3.05, 3.63) is 60.7 Å². The second-order valence-electron chi connectivity index (χ2n) is 5.34. The van der Waals surface area contributed by atoms with E-state index in [1.165, 1.54) is 0 Å². The Morgan fingerprint density at radius 1 is 0.800 bits per heavy atom. The summed E-state index contributed by atoms with van der Waals surface area (Å²) in [4.78, 5) is 2.12. The molecular formula is C20H20O4S. The van der Waals surface area contributed by atoms with Gasteiger partial charge in [0.15, 0.2) is 0 Å². The summed E-state index contributed by atoms with van der Waals surface area (Å²) < 4.78 is 11.3. The molecule has 4 nitrogen and oxygen atoms in total. The van der Waals surface area contributed by atoms with E-state index in [0.717, 1.165) is 26.3 Å². The lowest BCUT2D eigenvalue weighted by molar-refractivity contribution is 0.200. The van der Waals surface area contributed by atoms with E-state index >= 15 is 0 Å². The van der Waals surface area contributed by atoms with Crippen LogP contribution in [0.3, 0.4) is 0 Å². The maximum absolute atomic E-state index is 9.15. The van der Waals surface area contributed by atoms with E-state index in [0.29, 0.717) is 5.75 Å². The Morgan fingerprint density at radius 3 is 2.32 bits per heavy atom. The summed E-state index contributed by atoms with van der Waals surface area (Å²) in [6.07, 6.45) is 0. The molecule has 130 valence electrons. The van der Waals surface area contributed by atoms with Gasteiger partial charge in [-0.1, -0.05) is 36.0 Å². The van der Waals surface area contributed by atoms with E-state index in [1.54, 1.807) is 11.8 Å². The molecule has 0 aliphatic carbocycles. The van der Waals surface area contributed by atoms with Gasteiger partial charge in [-0.05, 0) is 41.8 Å². The maximum Gasteiger partial charge on any atom is 0.141 e. The molecule has 5 heteroatoms. The van der Waals surface area contributed by atoms with Crippen LogP contribution in [0.15, 0.2) is 70.5 Å². The Labute approximate surface area is 151 Å². The average molecular weight is 356 g/mol. The van der Waals surface area contributed by atoms with Crippen molar-refractivity contribution in [2.45, 2.75) is 9.79 Å². The van der Waals surface area contributed by atoms with Crippen LogP contribution in [0.5, 0.6) is 11.5 Å². The first kappa shape index (κ1) is 17.6. The Kier molecular flexibility index (Phi) is 6.17. The normalized spacial score (nSPS) is 10.8. The van der Waals surface area contributed by atoms with Gasteiger partial charge in [-0.2, -0.15) is 0 Å². The van der Waals surface area contributed by atoms with Crippen LogP contribution in [-0.4, -0.2) is 36.6 Å². The zero-order valence-corrected chi connectivity index (χ0v) is 14.5. The predicted molar refractivity (Wildman–Crippen MR) is 99.7 cm³/mol. The van der Waals surface area contributed by atoms with Gasteiger partial charge in [-0.25, -0.2) is 0 Å². The molecule has 3 aromatic rings. The fourth-order valence-corrected chi connectivity index (χ4v) is 3.45. The smallest absolute Gasteiger partial charge is 0.141 e. The van der Waals surface area contributed by atoms with E-state index in [-0.39, 0.29) is 26.4 Å². The van der Waals surface area contributed by atoms with Gasteiger partial charge in [0.25, 0.3) is 0 Å². The minimum Gasteiger partial charge on any atom is -0.491 e. The van der Waals surface area contributed by atoms with Crippen LogP contribution < -0.4 is 9.47 Å². The Hall–Kier alpha value is -2.21. The molecule has 3 aromatic carbocycles. The molecule has 0 fully saturated rings. The highest BCUT2D eigenvalue weighted by atomic mass is 32.2. The Balaban J connectivity index is 1.98. The van der Waals surface area contributed by atoms with Gasteiger partial charge in [0.05, 0.1) is 18.1 Å². The van der Waals surface area contributed by atoms with Crippen molar-refractivity contribution in [2.75, 3.05) is 26.4 Å². The second-order valence-corrected chi connectivity index (χ2v) is 6.45. The monoisotopic (exact) mass is 356 g/mol. The van der Waals surface area contributed by atoms with Crippen LogP contribution in [0, 0.1) is 0 Å². The van der Waals surface area contributed by atoms with Crippen molar-refractivity contribution in [1.29, 1.82) is 0 Å². The van der Waals surface area contributed by atoms with Gasteiger partial charge in [0.1, 0.15) is 24.7 Å². The number of benzene rings is 3. The van der Waals surface area contributed by atoms with Gasteiger partial charge in [-0.15, -0.1) is 0 Å². The third-order valence-electron chi connectivity index (χ3n) is 3.57. The van der Waals surface area contributed by atoms with E-state index in [4.69, 9.17) is 19.7 Å². The van der Waals surface area contributed by atoms with Gasteiger partial charge in [0, 0.05) is 10.3 Å². The summed E-state index contributed by atoms with van der Waals surface area (Å²) in [5.41, 5.74) is 0. The SMILES string of the molecule is OCCOc1ccc2c(OCCO)c(Sc3ccccc3)ccc2c1. The fourth-order valence-electron chi connectivity index (χ4n) is 2.51. The fraction of sp³-hybridized carbons (Fsp3) is 0.200. The zero-order valence-electron chi connectivity index (χ0n) is 13.7. The lowest BCUT2D eigenvalue weighted by Crippen LogP contribution is -2.03. The summed E-state index contributed by atoms with van der Waals surface area (Å²) in [7, 11) is 0. The third kappa shape index (κ3) is 4.45. The highest BCUT2D eigenvalue weighted by molar-refractivity contribution is 7.99. The number of fused-ring (bicyclic) bond motifs is 1. The molecule has 0 aliphatic heterocycles. The average Bonchev–Trinajstić information content (AvgIpc) is 2.66. The molecule has 3 rings (SSSR count). The van der Waals surface area contributed by atoms with Crippen molar-refractivity contribution in [2.24, 2.45) is 0 Å². The zero-order chi connectivity index (χ0) is 17.5. The van der Waals surface area contributed by atoms with Crippen molar-refractivity contribution < 1.29 is 19.7 Å². The van der Waals surface area contributed by atoms with Crippen molar-refractivity contribution in [1.82, 2.24) is 0 Å². The lowest BCUT2D eigenvalue weighted by Gasteiger charge is -2.14. The molecule has 0 aromatic heterocycles. The van der Waals surface area contributed by atoms with Crippen LogP contribution in [0.4, 0.5) is 0 Å². The summed E-state index contributed by atoms with van der Waals surface area (Å²) in [6.45, 7) is 0.449. The molecule has 25 heavy (non-hydrogen) atoms. The summed E-state index contributed by atoms with van der Waals surface area (Å²) in [5.74, 6) is 1.47. The predicted octanol–water partition coefficient (Wildman–Crippen LogP) is 3.73. The second kappa shape index (κ2) is 8.76. The topological polar surface area (TPSA) is 58.9 Å². The minimum absolute atomic E-state index is 0.0183. The first-order valence-corrected chi connectivity index (χ1v) is 8.90. The quantitative estimate of drug-likeness (QED) is 0.644. The molecule has 0 spiro atoms. The molecule has 0 radical (unpaired) electrons. The van der Waals surface area contributed by atoms with Gasteiger partial charge in [0.2, 0.25) is 0 Å². The number of aliphatic hydroxyl groups excluding tert-OH is 2. The number of hydrogen-bond acceptors (Lipinski definition) is 5. The number of aliphatic hydroxyl groups is 2. The standard InChI is InChI=1S/C20H20O4S/c21-10-12-23-16-7-8-18-15(14-16)6-9-19(20(18)24-13-11-22)25-17-4-2-1-3-5-17/h1-9,14,21-22H,10-13H2. The Bertz CT molecular complexity index is 821. The third-order valence-corrected chi connectivity index (χ3v) is 4.62. The van der Waals surface area contributed by atoms with Crippen molar-refractivity contribution >= 4 is 22.5 Å². The van der Waals surface area contributed by atoms with Crippen LogP contribution >= 0.6 is 11.8 Å². The first-order chi connectivity index (χ1) is 12.3. The maximum atomic E-state index is 9.15. The number of ether oxygens (including phenoxy) is 2. The molecule has 2 N–H and O–H groups in total. The Morgan fingerprint density at radius 2 is 1.56 bits per heavy atom. The van der Waals surface area contributed by atoms with Gasteiger partial charge < -0.3 is 19.7 Å². The van der Waals surface area contributed by atoms with Crippen LogP contribution in [0.2, 0.25) is 0 Å². The lowest BCUT2D eigenvalue weighted by atomic mass is 10.1. The van der Waals surface area contributed by atoms with E-state index in [2.05, 4.69) is 12.1 Å². The molecule has 0 saturated carbocycles. The van der Waals surface area contributed by atoms with E-state index in [9.17, 15) is 0 Å². The van der Waals surface area contributed by atoms with Crippen LogP contribution in [0.1, 0.15) is 0 Å². The molecular weight excluding hydrogens is 336 g/mol. The minimum atomic E-state index is -0.0382. The molecule has 0 amide bonds. The largest absolute Gasteiger partial charge is 0.491 e. The molecule has 0 bridgehead atoms. The summed E-state index contributed by atoms with van der Waals surface area (Å²) >= 11 is 1.63. The van der Waals surface area contributed by atoms with Crippen LogP contribution in [-0.2, 0) is 0 Å². The molecule has 0 heterocycles. The van der Waals surface area contributed by atoms with Crippen molar-refractivity contribution in [3.8, 4) is 11.5 Å². The molecule has 0 unspecified atom stereocenters. The van der Waals surface area contributed by atoms with E-state index < -0.39 is 0 Å². The highest BCUT2D eigenvalue weighted by Gasteiger charge is 2.11. The summed E-state index contributed by atoms with van der Waals surface area (Å²) in [5, 5.41) is 20.0. The van der Waals surface area contributed by atoms with E-state index in [1.807, 2.05) is 48.5 Å². The van der Waals surface area contributed by atoms with Crippen molar-refractivity contribution in [3.63, 3.8) is 0 Å². The highest BCUT2D eigenvalue weighted by Crippen LogP contribution is 2.40. The first-order valence-electron chi connectivity index (χ1n) is 8.09. The molecule has 0 aliphatic rings. The van der Waals surface area contributed by atoms with Gasteiger partial charge >= 0.3 is 0 Å². The summed E-state index contributed by atoms with van der Waals surface area (Å²) in [6, 6.07) is 19.9. The molecule has 0 atom stereocenters. The number of hydrogen-bond donors (Lipinski definition) is 2.